The second-order valence-electron chi connectivity index (χ2n) is 5.50. The number of rotatable bonds is 14. The Morgan fingerprint density at radius 3 is 2.48 bits per heavy atom. The van der Waals surface area contributed by atoms with Gasteiger partial charge in [-0.05, 0) is 25.5 Å². The van der Waals surface area contributed by atoms with Gasteiger partial charge >= 0.3 is 0 Å². The predicted octanol–water partition coefficient (Wildman–Crippen LogP) is 2.02. The van der Waals surface area contributed by atoms with E-state index in [1.54, 1.807) is 12.1 Å². The molecule has 0 saturated heterocycles. The first kappa shape index (κ1) is 25.7. The monoisotopic (exact) mass is 496 g/mol. The molecular formula is C18H33IN4O4. The largest absolute Gasteiger partial charge is 0.459 e. The van der Waals surface area contributed by atoms with Crippen LogP contribution in [0.2, 0.25) is 0 Å². The smallest absolute Gasteiger partial charge is 0.287 e. The van der Waals surface area contributed by atoms with Crippen molar-refractivity contribution in [3.63, 3.8) is 0 Å². The standard InChI is InChI=1S/C18H32N4O4.HI/c1-3-5-11-24-14-15-25-13-10-22-18(19-4-2)21-9-8-20-17(23)16-7-6-12-26-16;/h6-7,12H,3-5,8-11,13-15H2,1-2H3,(H,20,23)(H2,19,21,22);1H. The fourth-order valence-corrected chi connectivity index (χ4v) is 1.98. The van der Waals surface area contributed by atoms with Crippen molar-refractivity contribution in [1.29, 1.82) is 0 Å². The number of hydrogen-bond acceptors (Lipinski definition) is 5. The van der Waals surface area contributed by atoms with E-state index >= 15 is 0 Å². The van der Waals surface area contributed by atoms with Crippen LogP contribution in [0.5, 0.6) is 0 Å². The van der Waals surface area contributed by atoms with Gasteiger partial charge in [-0.15, -0.1) is 24.0 Å². The van der Waals surface area contributed by atoms with E-state index in [9.17, 15) is 4.79 Å². The summed E-state index contributed by atoms with van der Waals surface area (Å²) in [5, 5.41) is 9.08. The van der Waals surface area contributed by atoms with Crippen LogP contribution in [0.15, 0.2) is 27.8 Å². The summed E-state index contributed by atoms with van der Waals surface area (Å²) >= 11 is 0. The molecule has 1 amide bonds. The van der Waals surface area contributed by atoms with Crippen molar-refractivity contribution in [2.24, 2.45) is 4.99 Å². The summed E-state index contributed by atoms with van der Waals surface area (Å²) in [6, 6.07) is 3.31. The summed E-state index contributed by atoms with van der Waals surface area (Å²) in [5.41, 5.74) is 0. The number of furan rings is 1. The van der Waals surface area contributed by atoms with E-state index in [0.717, 1.165) is 26.0 Å². The van der Waals surface area contributed by atoms with E-state index in [1.807, 2.05) is 6.92 Å². The van der Waals surface area contributed by atoms with E-state index in [2.05, 4.69) is 27.9 Å². The molecule has 1 aromatic heterocycles. The first-order chi connectivity index (χ1) is 12.8. The van der Waals surface area contributed by atoms with Crippen LogP contribution in [-0.4, -0.2) is 64.5 Å². The molecule has 0 fully saturated rings. The topological polar surface area (TPSA) is 97.1 Å². The molecule has 0 aliphatic rings. The van der Waals surface area contributed by atoms with Crippen LogP contribution >= 0.6 is 24.0 Å². The molecular weight excluding hydrogens is 463 g/mol. The van der Waals surface area contributed by atoms with Crippen LogP contribution in [0.1, 0.15) is 37.2 Å². The molecule has 0 saturated carbocycles. The van der Waals surface area contributed by atoms with Crippen LogP contribution in [0.3, 0.4) is 0 Å². The van der Waals surface area contributed by atoms with E-state index in [0.29, 0.717) is 51.2 Å². The van der Waals surface area contributed by atoms with Gasteiger partial charge in [0.1, 0.15) is 0 Å². The third-order valence-electron chi connectivity index (χ3n) is 3.31. The molecule has 8 nitrogen and oxygen atoms in total. The third kappa shape index (κ3) is 13.5. The van der Waals surface area contributed by atoms with Gasteiger partial charge < -0.3 is 29.8 Å². The maximum atomic E-state index is 11.7. The Labute approximate surface area is 178 Å². The average molecular weight is 496 g/mol. The summed E-state index contributed by atoms with van der Waals surface area (Å²) < 4.78 is 15.9. The highest BCUT2D eigenvalue weighted by atomic mass is 127. The van der Waals surface area contributed by atoms with Crippen LogP contribution in [0.4, 0.5) is 0 Å². The number of halogens is 1. The lowest BCUT2D eigenvalue weighted by Gasteiger charge is -2.11. The highest BCUT2D eigenvalue weighted by molar-refractivity contribution is 14.0. The van der Waals surface area contributed by atoms with E-state index in [1.165, 1.54) is 6.26 Å². The molecule has 3 N–H and O–H groups in total. The number of nitrogens with zero attached hydrogens (tertiary/aromatic N) is 1. The molecule has 0 aliphatic heterocycles. The van der Waals surface area contributed by atoms with Gasteiger partial charge in [-0.25, -0.2) is 0 Å². The van der Waals surface area contributed by atoms with Gasteiger partial charge in [0, 0.05) is 26.2 Å². The molecule has 0 aliphatic carbocycles. The molecule has 0 aromatic carbocycles. The zero-order valence-electron chi connectivity index (χ0n) is 16.3. The molecule has 27 heavy (non-hydrogen) atoms. The maximum Gasteiger partial charge on any atom is 0.287 e. The van der Waals surface area contributed by atoms with E-state index in [-0.39, 0.29) is 29.9 Å². The lowest BCUT2D eigenvalue weighted by atomic mass is 10.4. The lowest BCUT2D eigenvalue weighted by Crippen LogP contribution is -2.41. The highest BCUT2D eigenvalue weighted by Crippen LogP contribution is 1.98. The van der Waals surface area contributed by atoms with Gasteiger partial charge in [-0.3, -0.25) is 9.79 Å². The minimum Gasteiger partial charge on any atom is -0.459 e. The summed E-state index contributed by atoms with van der Waals surface area (Å²) in [7, 11) is 0. The number of aliphatic imine (C=N–C) groups is 1. The van der Waals surface area contributed by atoms with Crippen molar-refractivity contribution in [3.8, 4) is 0 Å². The Kier molecular flexibility index (Phi) is 17.2. The van der Waals surface area contributed by atoms with Crippen LogP contribution in [0.25, 0.3) is 0 Å². The minimum atomic E-state index is -0.228. The molecule has 1 rings (SSSR count). The van der Waals surface area contributed by atoms with E-state index in [4.69, 9.17) is 13.9 Å². The zero-order chi connectivity index (χ0) is 18.9. The predicted molar refractivity (Wildman–Crippen MR) is 117 cm³/mol. The van der Waals surface area contributed by atoms with Gasteiger partial charge in [0.2, 0.25) is 0 Å². The quantitative estimate of drug-likeness (QED) is 0.158. The van der Waals surface area contributed by atoms with Crippen LogP contribution < -0.4 is 16.0 Å². The number of unbranched alkanes of at least 4 members (excludes halogenated alkanes) is 1. The van der Waals surface area contributed by atoms with Crippen molar-refractivity contribution >= 4 is 35.8 Å². The number of ether oxygens (including phenoxy) is 2. The molecule has 0 bridgehead atoms. The number of hydrogen-bond donors (Lipinski definition) is 3. The van der Waals surface area contributed by atoms with Gasteiger partial charge in [0.25, 0.3) is 5.91 Å². The first-order valence-electron chi connectivity index (χ1n) is 9.27. The molecule has 9 heteroatoms. The third-order valence-corrected chi connectivity index (χ3v) is 3.31. The molecule has 1 heterocycles. The summed E-state index contributed by atoms with van der Waals surface area (Å²) in [4.78, 5) is 16.2. The van der Waals surface area contributed by atoms with Gasteiger partial charge in [0.15, 0.2) is 11.7 Å². The second kappa shape index (κ2) is 18.1. The second-order valence-corrected chi connectivity index (χ2v) is 5.50. The Bertz CT molecular complexity index is 498. The SMILES string of the molecule is CCCCOCCOCCN=C(NCC)NCCNC(=O)c1ccco1.I. The average Bonchev–Trinajstić information content (AvgIpc) is 3.18. The molecule has 0 unspecified atom stereocenters. The lowest BCUT2D eigenvalue weighted by molar-refractivity contribution is 0.0497. The number of carbonyl (C=O) groups is 1. The molecule has 0 atom stereocenters. The Morgan fingerprint density at radius 2 is 1.81 bits per heavy atom. The fourth-order valence-electron chi connectivity index (χ4n) is 1.98. The normalized spacial score (nSPS) is 11.0. The van der Waals surface area contributed by atoms with Gasteiger partial charge in [-0.1, -0.05) is 13.3 Å². The summed E-state index contributed by atoms with van der Waals surface area (Å²) in [6.07, 6.45) is 3.70. The number of amides is 1. The molecule has 0 radical (unpaired) electrons. The van der Waals surface area contributed by atoms with Crippen molar-refractivity contribution in [2.45, 2.75) is 26.7 Å². The Hall–Kier alpha value is -1.33. The Balaban J connectivity index is 0.00000676. The van der Waals surface area contributed by atoms with Crippen molar-refractivity contribution < 1.29 is 18.7 Å². The highest BCUT2D eigenvalue weighted by Gasteiger charge is 2.06. The van der Waals surface area contributed by atoms with E-state index < -0.39 is 0 Å². The van der Waals surface area contributed by atoms with Crippen molar-refractivity contribution in [2.75, 3.05) is 52.6 Å². The number of nitrogens with one attached hydrogen (secondary N) is 3. The first-order valence-corrected chi connectivity index (χ1v) is 9.27. The van der Waals surface area contributed by atoms with Crippen molar-refractivity contribution in [1.82, 2.24) is 16.0 Å². The fraction of sp³-hybridized carbons (Fsp3) is 0.667. The summed E-state index contributed by atoms with van der Waals surface area (Å²) in [6.45, 7) is 9.03. The summed E-state index contributed by atoms with van der Waals surface area (Å²) in [5.74, 6) is 0.775. The minimum absolute atomic E-state index is 0. The Morgan fingerprint density at radius 1 is 1.07 bits per heavy atom. The number of guanidine groups is 1. The van der Waals surface area contributed by atoms with Crippen LogP contribution in [-0.2, 0) is 9.47 Å². The molecule has 0 spiro atoms. The van der Waals surface area contributed by atoms with Gasteiger partial charge in [-0.2, -0.15) is 0 Å². The molecule has 1 aromatic rings. The molecule has 156 valence electrons. The van der Waals surface area contributed by atoms with Gasteiger partial charge in [0.05, 0.1) is 32.6 Å². The van der Waals surface area contributed by atoms with Crippen molar-refractivity contribution in [3.05, 3.63) is 24.2 Å². The maximum absolute atomic E-state index is 11.7. The van der Waals surface area contributed by atoms with Crippen LogP contribution in [0, 0.1) is 0 Å². The zero-order valence-corrected chi connectivity index (χ0v) is 18.6. The number of carbonyl (C=O) groups excluding carboxylic acids is 1.